The summed E-state index contributed by atoms with van der Waals surface area (Å²) in [6.45, 7) is 5.92. The maximum Gasteiger partial charge on any atom is 0.327 e. The van der Waals surface area contributed by atoms with E-state index >= 15 is 0 Å². The van der Waals surface area contributed by atoms with Crippen LogP contribution in [-0.2, 0) is 24.5 Å². The van der Waals surface area contributed by atoms with Crippen molar-refractivity contribution in [2.24, 2.45) is 0 Å². The van der Waals surface area contributed by atoms with Crippen molar-refractivity contribution in [3.63, 3.8) is 0 Å². The Kier molecular flexibility index (Phi) is 8.77. The van der Waals surface area contributed by atoms with Crippen LogP contribution in [-0.4, -0.2) is 36.4 Å². The minimum Gasteiger partial charge on any atom is -0.504 e. The molecule has 0 aromatic heterocycles. The summed E-state index contributed by atoms with van der Waals surface area (Å²) in [7, 11) is 2.37. The first-order valence-electron chi connectivity index (χ1n) is 7.63. The fourth-order valence-electron chi connectivity index (χ4n) is 2.25. The summed E-state index contributed by atoms with van der Waals surface area (Å²) in [4.78, 5) is 24.5. The quantitative estimate of drug-likeness (QED) is 0.474. The van der Waals surface area contributed by atoms with Crippen LogP contribution < -0.4 is 0 Å². The molecule has 1 aromatic rings. The largest absolute Gasteiger partial charge is 0.504 e. The summed E-state index contributed by atoms with van der Waals surface area (Å²) in [6, 6.07) is 3.80. The third-order valence-corrected chi connectivity index (χ3v) is 3.44. The lowest BCUT2D eigenvalue weighted by atomic mass is 9.76. The van der Waals surface area contributed by atoms with Gasteiger partial charge in [0.05, 0.1) is 14.2 Å². The molecule has 1 aromatic carbocycles. The van der Waals surface area contributed by atoms with E-state index in [-0.39, 0.29) is 17.7 Å². The lowest BCUT2D eigenvalue weighted by molar-refractivity contribution is -0.162. The van der Waals surface area contributed by atoms with E-state index in [1.807, 2.05) is 20.8 Å². The highest BCUT2D eigenvalue weighted by molar-refractivity contribution is 6.06. The second-order valence-corrected chi connectivity index (χ2v) is 4.70. The Hall–Kier alpha value is -2.24. The highest BCUT2D eigenvalue weighted by Crippen LogP contribution is 2.37. The van der Waals surface area contributed by atoms with E-state index in [1.54, 1.807) is 0 Å². The molecule has 130 valence electrons. The van der Waals surface area contributed by atoms with Crippen LogP contribution in [0.2, 0.25) is 0 Å². The second-order valence-electron chi connectivity index (χ2n) is 4.70. The van der Waals surface area contributed by atoms with E-state index in [1.165, 1.54) is 32.4 Å². The zero-order valence-corrected chi connectivity index (χ0v) is 14.4. The van der Waals surface area contributed by atoms with Crippen LogP contribution in [0.1, 0.15) is 45.6 Å². The molecule has 0 aliphatic rings. The van der Waals surface area contributed by atoms with E-state index in [0.29, 0.717) is 6.42 Å². The van der Waals surface area contributed by atoms with E-state index in [4.69, 9.17) is 9.47 Å². The predicted molar refractivity (Wildman–Crippen MR) is 86.4 cm³/mol. The second kappa shape index (κ2) is 9.71. The Balaban J connectivity index is 0.00000232. The van der Waals surface area contributed by atoms with Crippen LogP contribution in [0.3, 0.4) is 0 Å². The molecule has 0 radical (unpaired) electrons. The molecule has 0 aliphatic carbocycles. The summed E-state index contributed by atoms with van der Waals surface area (Å²) >= 11 is 0. The molecule has 0 unspecified atom stereocenters. The van der Waals surface area contributed by atoms with Gasteiger partial charge in [0.15, 0.2) is 16.9 Å². The lowest BCUT2D eigenvalue weighted by Crippen LogP contribution is -2.45. The predicted octanol–water partition coefficient (Wildman–Crippen LogP) is 2.90. The van der Waals surface area contributed by atoms with Gasteiger partial charge in [-0.25, -0.2) is 0 Å². The molecular weight excluding hydrogens is 300 g/mol. The number of ether oxygens (including phenoxy) is 2. The Morgan fingerprint density at radius 2 is 1.57 bits per heavy atom. The van der Waals surface area contributed by atoms with Crippen molar-refractivity contribution in [2.75, 3.05) is 14.2 Å². The van der Waals surface area contributed by atoms with E-state index in [2.05, 4.69) is 0 Å². The molecule has 0 heterocycles. The minimum atomic E-state index is -1.65. The van der Waals surface area contributed by atoms with Crippen LogP contribution in [0, 0.1) is 0 Å². The number of hydrogen-bond donors (Lipinski definition) is 2. The van der Waals surface area contributed by atoms with Crippen molar-refractivity contribution in [1.29, 1.82) is 0 Å². The van der Waals surface area contributed by atoms with Crippen molar-refractivity contribution in [3.8, 4) is 11.5 Å². The van der Waals surface area contributed by atoms with Crippen molar-refractivity contribution >= 4 is 11.9 Å². The number of phenolic OH excluding ortho intramolecular Hbond substituents is 2. The van der Waals surface area contributed by atoms with Gasteiger partial charge in [-0.2, -0.15) is 0 Å². The molecule has 0 spiro atoms. The summed E-state index contributed by atoms with van der Waals surface area (Å²) in [6.07, 6.45) is 1.54. The first-order chi connectivity index (χ1) is 10.9. The smallest absolute Gasteiger partial charge is 0.327 e. The van der Waals surface area contributed by atoms with Crippen LogP contribution in [0.4, 0.5) is 0 Å². The van der Waals surface area contributed by atoms with Crippen molar-refractivity contribution in [3.05, 3.63) is 23.8 Å². The number of unbranched alkanes of at least 4 members (excludes halogenated alkanes) is 1. The molecular formula is C17H26O6. The van der Waals surface area contributed by atoms with E-state index in [9.17, 15) is 19.8 Å². The van der Waals surface area contributed by atoms with Gasteiger partial charge in [-0.15, -0.1) is 0 Å². The zero-order chi connectivity index (χ0) is 18.0. The average Bonchev–Trinajstić information content (AvgIpc) is 2.59. The number of aromatic hydroxyl groups is 2. The van der Waals surface area contributed by atoms with Gasteiger partial charge in [0, 0.05) is 0 Å². The number of methoxy groups -OCH3 is 2. The van der Waals surface area contributed by atoms with Crippen molar-refractivity contribution in [2.45, 2.75) is 45.4 Å². The molecule has 23 heavy (non-hydrogen) atoms. The van der Waals surface area contributed by atoms with Gasteiger partial charge in [-0.3, -0.25) is 9.59 Å². The molecule has 6 nitrogen and oxygen atoms in total. The van der Waals surface area contributed by atoms with Crippen LogP contribution in [0.15, 0.2) is 18.2 Å². The normalized spacial score (nSPS) is 10.3. The molecule has 0 bridgehead atoms. The molecule has 1 rings (SSSR count). The third kappa shape index (κ3) is 4.37. The Morgan fingerprint density at radius 1 is 1.04 bits per heavy atom. The van der Waals surface area contributed by atoms with Gasteiger partial charge in [0.2, 0.25) is 0 Å². The molecule has 0 saturated heterocycles. The molecule has 0 saturated carbocycles. The SMILES string of the molecule is CC.CCCCC(C(=O)OC)(C(=O)OC)c1ccc(O)c(O)c1. The topological polar surface area (TPSA) is 93.1 Å². The Bertz CT molecular complexity index is 508. The molecule has 0 fully saturated rings. The highest BCUT2D eigenvalue weighted by atomic mass is 16.5. The lowest BCUT2D eigenvalue weighted by Gasteiger charge is -2.28. The van der Waals surface area contributed by atoms with Gasteiger partial charge in [0.25, 0.3) is 0 Å². The van der Waals surface area contributed by atoms with Crippen LogP contribution >= 0.6 is 0 Å². The average molecular weight is 326 g/mol. The standard InChI is InChI=1S/C15H20O6.C2H6/c1-4-5-8-15(13(18)20-2,14(19)21-3)10-6-7-11(16)12(17)9-10;1-2/h6-7,9,16-17H,4-5,8H2,1-3H3;1-2H3. The summed E-state index contributed by atoms with van der Waals surface area (Å²) in [5, 5.41) is 19.0. The summed E-state index contributed by atoms with van der Waals surface area (Å²) < 4.78 is 9.55. The summed E-state index contributed by atoms with van der Waals surface area (Å²) in [5.41, 5.74) is -1.42. The number of carbonyl (C=O) groups is 2. The maximum atomic E-state index is 12.3. The fraction of sp³-hybridized carbons (Fsp3) is 0.529. The molecule has 0 aliphatic heterocycles. The van der Waals surface area contributed by atoms with Crippen molar-refractivity contribution in [1.82, 2.24) is 0 Å². The number of esters is 2. The number of phenols is 2. The van der Waals surface area contributed by atoms with Crippen LogP contribution in [0.5, 0.6) is 11.5 Å². The van der Waals surface area contributed by atoms with Crippen molar-refractivity contribution < 1.29 is 29.3 Å². The molecule has 0 amide bonds. The fourth-order valence-corrected chi connectivity index (χ4v) is 2.25. The van der Waals surface area contributed by atoms with Gasteiger partial charge < -0.3 is 19.7 Å². The third-order valence-electron chi connectivity index (χ3n) is 3.44. The molecule has 2 N–H and O–H groups in total. The molecule has 6 heteroatoms. The number of hydrogen-bond acceptors (Lipinski definition) is 6. The summed E-state index contributed by atoms with van der Waals surface area (Å²) in [5.74, 6) is -2.26. The minimum absolute atomic E-state index is 0.188. The zero-order valence-electron chi connectivity index (χ0n) is 14.4. The van der Waals surface area contributed by atoms with Gasteiger partial charge in [-0.1, -0.05) is 39.7 Å². The highest BCUT2D eigenvalue weighted by Gasteiger charge is 2.49. The maximum absolute atomic E-state index is 12.3. The first kappa shape index (κ1) is 20.8. The number of rotatable bonds is 6. The Morgan fingerprint density at radius 3 is 1.96 bits per heavy atom. The van der Waals surface area contributed by atoms with Crippen LogP contribution in [0.25, 0.3) is 0 Å². The monoisotopic (exact) mass is 326 g/mol. The van der Waals surface area contributed by atoms with E-state index < -0.39 is 23.1 Å². The van der Waals surface area contributed by atoms with E-state index in [0.717, 1.165) is 6.42 Å². The van der Waals surface area contributed by atoms with Gasteiger partial charge in [-0.05, 0) is 24.1 Å². The molecule has 0 atom stereocenters. The number of benzene rings is 1. The van der Waals surface area contributed by atoms with Gasteiger partial charge in [0.1, 0.15) is 0 Å². The first-order valence-corrected chi connectivity index (χ1v) is 7.63. The number of carbonyl (C=O) groups excluding carboxylic acids is 2. The van der Waals surface area contributed by atoms with Gasteiger partial charge >= 0.3 is 11.9 Å². The Labute approximate surface area is 137 Å².